The quantitative estimate of drug-likeness (QED) is 0.710. The summed E-state index contributed by atoms with van der Waals surface area (Å²) in [4.78, 5) is 17.9. The molecule has 5 heteroatoms. The minimum absolute atomic E-state index is 0.117. The molecule has 2 unspecified atom stereocenters. The fraction of sp³-hybridized carbons (Fsp3) is 0.500. The molecule has 0 aromatic heterocycles. The van der Waals surface area contributed by atoms with E-state index in [1.807, 2.05) is 6.07 Å². The maximum absolute atomic E-state index is 13.1. The van der Waals surface area contributed by atoms with Crippen LogP contribution in [0.25, 0.3) is 0 Å². The van der Waals surface area contributed by atoms with E-state index in [1.54, 1.807) is 0 Å². The first-order chi connectivity index (χ1) is 15.2. The van der Waals surface area contributed by atoms with Gasteiger partial charge in [0.15, 0.2) is 0 Å². The lowest BCUT2D eigenvalue weighted by Gasteiger charge is -2.35. The number of morpholine rings is 1. The van der Waals surface area contributed by atoms with Crippen LogP contribution in [0.3, 0.4) is 0 Å². The molecule has 31 heavy (non-hydrogen) atoms. The van der Waals surface area contributed by atoms with Gasteiger partial charge in [-0.3, -0.25) is 14.6 Å². The zero-order valence-electron chi connectivity index (χ0n) is 18.6. The van der Waals surface area contributed by atoms with E-state index in [0.717, 1.165) is 58.7 Å². The van der Waals surface area contributed by atoms with Gasteiger partial charge >= 0.3 is 0 Å². The molecule has 4 rings (SSSR count). The van der Waals surface area contributed by atoms with Crippen LogP contribution in [-0.2, 0) is 22.5 Å². The Hall–Kier alpha value is -2.21. The van der Waals surface area contributed by atoms with Gasteiger partial charge in [0, 0.05) is 32.2 Å². The van der Waals surface area contributed by atoms with Crippen LogP contribution < -0.4 is 5.32 Å². The van der Waals surface area contributed by atoms with E-state index in [1.165, 1.54) is 16.7 Å². The molecule has 1 aliphatic carbocycles. The minimum atomic E-state index is 0.117. The molecule has 2 aliphatic rings. The van der Waals surface area contributed by atoms with Gasteiger partial charge in [0.05, 0.1) is 25.8 Å². The van der Waals surface area contributed by atoms with E-state index >= 15 is 0 Å². The van der Waals surface area contributed by atoms with Crippen molar-refractivity contribution in [3.8, 4) is 0 Å². The number of amides is 1. The fourth-order valence-corrected chi connectivity index (χ4v) is 4.79. The highest BCUT2D eigenvalue weighted by Crippen LogP contribution is 2.29. The number of nitrogens with zero attached hydrogens (tertiary/aromatic N) is 2. The summed E-state index contributed by atoms with van der Waals surface area (Å²) in [5.41, 5.74) is 3.91. The molecule has 2 aromatic rings. The van der Waals surface area contributed by atoms with Gasteiger partial charge in [-0.25, -0.2) is 0 Å². The number of carbonyl (C=O) groups excluding carboxylic acids is 1. The molecule has 0 radical (unpaired) electrons. The Labute approximate surface area is 186 Å². The first kappa shape index (κ1) is 22.0. The van der Waals surface area contributed by atoms with Crippen LogP contribution in [-0.4, -0.2) is 61.1 Å². The summed E-state index contributed by atoms with van der Waals surface area (Å²) in [6.45, 7) is 7.92. The molecule has 1 fully saturated rings. The molecule has 2 atom stereocenters. The highest BCUT2D eigenvalue weighted by molar-refractivity contribution is 5.78. The van der Waals surface area contributed by atoms with Crippen molar-refractivity contribution in [1.82, 2.24) is 15.1 Å². The van der Waals surface area contributed by atoms with Crippen LogP contribution in [0.4, 0.5) is 0 Å². The Bertz CT molecular complexity index is 836. The lowest BCUT2D eigenvalue weighted by molar-refractivity contribution is -0.124. The molecular formula is C26H35N3O2. The molecule has 0 bridgehead atoms. The molecule has 166 valence electrons. The smallest absolute Gasteiger partial charge is 0.234 e. The third-order valence-corrected chi connectivity index (χ3v) is 6.53. The number of benzene rings is 2. The Morgan fingerprint density at radius 2 is 1.87 bits per heavy atom. The zero-order chi connectivity index (χ0) is 21.5. The second kappa shape index (κ2) is 10.9. The van der Waals surface area contributed by atoms with E-state index in [4.69, 9.17) is 4.74 Å². The van der Waals surface area contributed by atoms with Crippen molar-refractivity contribution in [1.29, 1.82) is 0 Å². The Balaban J connectivity index is 1.41. The van der Waals surface area contributed by atoms with E-state index in [2.05, 4.69) is 70.6 Å². The molecule has 2 aromatic carbocycles. The van der Waals surface area contributed by atoms with Crippen molar-refractivity contribution in [3.05, 3.63) is 71.3 Å². The first-order valence-electron chi connectivity index (χ1n) is 11.6. The van der Waals surface area contributed by atoms with Crippen molar-refractivity contribution in [3.63, 3.8) is 0 Å². The average molecular weight is 422 g/mol. The van der Waals surface area contributed by atoms with Gasteiger partial charge in [0.25, 0.3) is 0 Å². The molecule has 1 heterocycles. The van der Waals surface area contributed by atoms with Gasteiger partial charge in [-0.05, 0) is 42.9 Å². The minimum Gasteiger partial charge on any atom is -0.379 e. The van der Waals surface area contributed by atoms with Crippen LogP contribution in [0.2, 0.25) is 0 Å². The van der Waals surface area contributed by atoms with E-state index in [-0.39, 0.29) is 18.0 Å². The summed E-state index contributed by atoms with van der Waals surface area (Å²) in [7, 11) is 0. The Morgan fingerprint density at radius 3 is 2.68 bits per heavy atom. The number of carbonyl (C=O) groups is 1. The van der Waals surface area contributed by atoms with E-state index in [0.29, 0.717) is 6.54 Å². The maximum atomic E-state index is 13.1. The topological polar surface area (TPSA) is 44.8 Å². The average Bonchev–Trinajstić information content (AvgIpc) is 2.80. The zero-order valence-corrected chi connectivity index (χ0v) is 18.6. The summed E-state index contributed by atoms with van der Waals surface area (Å²) in [5, 5.41) is 3.34. The summed E-state index contributed by atoms with van der Waals surface area (Å²) >= 11 is 0. The van der Waals surface area contributed by atoms with Crippen molar-refractivity contribution in [2.75, 3.05) is 39.4 Å². The predicted molar refractivity (Wildman–Crippen MR) is 124 cm³/mol. The number of rotatable bonds is 8. The Kier molecular flexibility index (Phi) is 7.73. The highest BCUT2D eigenvalue weighted by atomic mass is 16.5. The largest absolute Gasteiger partial charge is 0.379 e. The number of ether oxygens (including phenoxy) is 1. The number of fused-ring (bicyclic) bond motifs is 1. The third-order valence-electron chi connectivity index (χ3n) is 6.53. The van der Waals surface area contributed by atoms with Crippen molar-refractivity contribution in [2.45, 2.75) is 44.8 Å². The number of aryl methyl sites for hydroxylation is 1. The molecule has 0 spiro atoms. The summed E-state index contributed by atoms with van der Waals surface area (Å²) in [6.07, 6.45) is 3.26. The van der Waals surface area contributed by atoms with Gasteiger partial charge in [-0.1, -0.05) is 54.6 Å². The van der Waals surface area contributed by atoms with E-state index < -0.39 is 0 Å². The molecule has 5 nitrogen and oxygen atoms in total. The Morgan fingerprint density at radius 1 is 1.13 bits per heavy atom. The predicted octanol–water partition coefficient (Wildman–Crippen LogP) is 3.40. The van der Waals surface area contributed by atoms with Crippen molar-refractivity contribution >= 4 is 5.91 Å². The molecule has 1 saturated heterocycles. The summed E-state index contributed by atoms with van der Waals surface area (Å²) in [6, 6.07) is 19.4. The normalized spacial score (nSPS) is 20.3. The highest BCUT2D eigenvalue weighted by Gasteiger charge is 2.25. The molecule has 0 saturated carbocycles. The molecule has 1 N–H and O–H groups in total. The van der Waals surface area contributed by atoms with Gasteiger partial charge < -0.3 is 10.1 Å². The number of hydrogen-bond donors (Lipinski definition) is 1. The number of nitrogens with one attached hydrogen (secondary N) is 1. The van der Waals surface area contributed by atoms with Crippen LogP contribution >= 0.6 is 0 Å². The summed E-state index contributed by atoms with van der Waals surface area (Å²) in [5.74, 6) is 0.117. The lowest BCUT2D eigenvalue weighted by Crippen LogP contribution is -2.49. The van der Waals surface area contributed by atoms with E-state index in [9.17, 15) is 4.79 Å². The van der Waals surface area contributed by atoms with Gasteiger partial charge in [-0.2, -0.15) is 0 Å². The fourth-order valence-electron chi connectivity index (χ4n) is 4.79. The van der Waals surface area contributed by atoms with Crippen LogP contribution in [0, 0.1) is 0 Å². The SMILES string of the molecule is CC(CN1CCOCC1)N(CC(=O)NC1CCCc2ccccc21)Cc1ccccc1. The second-order valence-corrected chi connectivity index (χ2v) is 8.86. The van der Waals surface area contributed by atoms with Crippen LogP contribution in [0.5, 0.6) is 0 Å². The molecule has 1 amide bonds. The first-order valence-corrected chi connectivity index (χ1v) is 11.6. The number of hydrogen-bond acceptors (Lipinski definition) is 4. The van der Waals surface area contributed by atoms with Gasteiger partial charge in [0.1, 0.15) is 0 Å². The second-order valence-electron chi connectivity index (χ2n) is 8.86. The maximum Gasteiger partial charge on any atom is 0.234 e. The molecular weight excluding hydrogens is 386 g/mol. The monoisotopic (exact) mass is 421 g/mol. The van der Waals surface area contributed by atoms with Gasteiger partial charge in [0.2, 0.25) is 5.91 Å². The van der Waals surface area contributed by atoms with Gasteiger partial charge in [-0.15, -0.1) is 0 Å². The standard InChI is InChI=1S/C26H35N3O2/c1-21(18-28-14-16-31-17-15-28)29(19-22-8-3-2-4-9-22)20-26(30)27-25-13-7-11-23-10-5-6-12-24(23)25/h2-6,8-10,12,21,25H,7,11,13-20H2,1H3,(H,27,30). The van der Waals surface area contributed by atoms with Crippen LogP contribution in [0.15, 0.2) is 54.6 Å². The molecule has 1 aliphatic heterocycles. The summed E-state index contributed by atoms with van der Waals surface area (Å²) < 4.78 is 5.50. The van der Waals surface area contributed by atoms with Crippen molar-refractivity contribution in [2.24, 2.45) is 0 Å². The van der Waals surface area contributed by atoms with Crippen molar-refractivity contribution < 1.29 is 9.53 Å². The lowest BCUT2D eigenvalue weighted by atomic mass is 9.88. The third kappa shape index (κ3) is 6.16. The van der Waals surface area contributed by atoms with Crippen LogP contribution in [0.1, 0.15) is 42.5 Å².